The molecule has 0 saturated carbocycles. The first kappa shape index (κ1) is 24.4. The van der Waals surface area contributed by atoms with E-state index in [0.717, 1.165) is 23.1 Å². The second kappa shape index (κ2) is 12.7. The Kier molecular flexibility index (Phi) is 10.0. The fourth-order valence-electron chi connectivity index (χ4n) is 2.80. The van der Waals surface area contributed by atoms with Crippen LogP contribution in [-0.4, -0.2) is 55.1 Å². The van der Waals surface area contributed by atoms with Gasteiger partial charge in [0.1, 0.15) is 6.10 Å². The second-order valence-electron chi connectivity index (χ2n) is 6.37. The highest BCUT2D eigenvalue weighted by molar-refractivity contribution is 9.10. The van der Waals surface area contributed by atoms with Gasteiger partial charge >= 0.3 is 11.9 Å². The highest BCUT2D eigenvalue weighted by atomic mass is 79.9. The van der Waals surface area contributed by atoms with Gasteiger partial charge in [0.15, 0.2) is 17.6 Å². The first-order chi connectivity index (χ1) is 14.9. The maximum Gasteiger partial charge on any atom is 0.328 e. The predicted octanol–water partition coefficient (Wildman–Crippen LogP) is 3.28. The molecule has 8 nitrogen and oxygen atoms in total. The SMILES string of the molecule is COc1cc(Br)ccc1O[C@@H](c1ccccc1)[C@@H]1CNCCO1.O=C(O)C=CC(=O)O. The summed E-state index contributed by atoms with van der Waals surface area (Å²) in [5, 5.41) is 19.0. The van der Waals surface area contributed by atoms with E-state index >= 15 is 0 Å². The Hall–Kier alpha value is -2.88. The van der Waals surface area contributed by atoms with Crippen LogP contribution in [0.4, 0.5) is 0 Å². The molecular weight excluding hydrogens is 470 g/mol. The molecule has 0 aliphatic carbocycles. The number of nitrogens with one attached hydrogen (secondary N) is 1. The van der Waals surface area contributed by atoms with Crippen molar-refractivity contribution in [3.8, 4) is 11.5 Å². The fourth-order valence-corrected chi connectivity index (χ4v) is 3.14. The van der Waals surface area contributed by atoms with E-state index in [4.69, 9.17) is 24.4 Å². The molecule has 0 amide bonds. The summed E-state index contributed by atoms with van der Waals surface area (Å²) in [4.78, 5) is 19.1. The van der Waals surface area contributed by atoms with Crippen molar-refractivity contribution in [3.63, 3.8) is 0 Å². The van der Waals surface area contributed by atoms with Crippen molar-refractivity contribution < 1.29 is 34.0 Å². The van der Waals surface area contributed by atoms with Crippen molar-refractivity contribution in [2.24, 2.45) is 0 Å². The van der Waals surface area contributed by atoms with Gasteiger partial charge in [0.25, 0.3) is 0 Å². The molecule has 166 valence electrons. The van der Waals surface area contributed by atoms with Crippen molar-refractivity contribution in [2.45, 2.75) is 12.2 Å². The third-order valence-corrected chi connectivity index (χ3v) is 4.66. The van der Waals surface area contributed by atoms with Crippen LogP contribution in [0.15, 0.2) is 65.2 Å². The van der Waals surface area contributed by atoms with E-state index in [2.05, 4.69) is 33.4 Å². The van der Waals surface area contributed by atoms with E-state index in [1.807, 2.05) is 36.4 Å². The summed E-state index contributed by atoms with van der Waals surface area (Å²) in [5.41, 5.74) is 1.09. The zero-order valence-electron chi connectivity index (χ0n) is 16.9. The zero-order chi connectivity index (χ0) is 22.6. The molecule has 1 aliphatic heterocycles. The van der Waals surface area contributed by atoms with Gasteiger partial charge in [-0.15, -0.1) is 0 Å². The zero-order valence-corrected chi connectivity index (χ0v) is 18.4. The van der Waals surface area contributed by atoms with E-state index in [1.165, 1.54) is 0 Å². The summed E-state index contributed by atoms with van der Waals surface area (Å²) in [6, 6.07) is 15.9. The van der Waals surface area contributed by atoms with Crippen LogP contribution < -0.4 is 14.8 Å². The molecule has 1 heterocycles. The van der Waals surface area contributed by atoms with Crippen molar-refractivity contribution in [2.75, 3.05) is 26.8 Å². The number of carboxylic acid groups (broad SMARTS) is 2. The number of benzene rings is 2. The van der Waals surface area contributed by atoms with Crippen LogP contribution in [0.25, 0.3) is 0 Å². The quantitative estimate of drug-likeness (QED) is 0.503. The van der Waals surface area contributed by atoms with Crippen LogP contribution >= 0.6 is 15.9 Å². The summed E-state index contributed by atoms with van der Waals surface area (Å²) >= 11 is 3.45. The summed E-state index contributed by atoms with van der Waals surface area (Å²) in [7, 11) is 1.64. The molecule has 1 saturated heterocycles. The average Bonchev–Trinajstić information content (AvgIpc) is 2.78. The topological polar surface area (TPSA) is 114 Å². The minimum absolute atomic E-state index is 0.0421. The van der Waals surface area contributed by atoms with E-state index in [-0.39, 0.29) is 12.2 Å². The van der Waals surface area contributed by atoms with Gasteiger partial charge in [-0.25, -0.2) is 9.59 Å². The summed E-state index contributed by atoms with van der Waals surface area (Å²) in [5.74, 6) is -1.11. The van der Waals surface area contributed by atoms with Gasteiger partial charge in [0.2, 0.25) is 0 Å². The fraction of sp³-hybridized carbons (Fsp3) is 0.273. The highest BCUT2D eigenvalue weighted by Gasteiger charge is 2.28. The molecule has 0 radical (unpaired) electrons. The monoisotopic (exact) mass is 493 g/mol. The lowest BCUT2D eigenvalue weighted by atomic mass is 10.0. The maximum atomic E-state index is 9.55. The molecule has 2 atom stereocenters. The van der Waals surface area contributed by atoms with E-state index in [0.29, 0.717) is 30.3 Å². The first-order valence-electron chi connectivity index (χ1n) is 9.42. The Balaban J connectivity index is 0.000000366. The standard InChI is InChI=1S/C18H20BrNO3.C4H4O4/c1-21-16-11-14(19)7-8-15(16)23-18(13-5-3-2-4-6-13)17-12-20-9-10-22-17;5-3(6)1-2-4(7)8/h2-8,11,17-18,20H,9-10,12H2,1H3;1-2H,(H,5,6)(H,7,8)/t17-,18-;/m0./s1. The van der Waals surface area contributed by atoms with Gasteiger partial charge in [0.05, 0.1) is 13.7 Å². The lowest BCUT2D eigenvalue weighted by molar-refractivity contribution is -0.134. The van der Waals surface area contributed by atoms with Gasteiger partial charge in [-0.3, -0.25) is 0 Å². The van der Waals surface area contributed by atoms with Crippen LogP contribution in [0.2, 0.25) is 0 Å². The number of rotatable bonds is 7. The van der Waals surface area contributed by atoms with Gasteiger partial charge in [-0.05, 0) is 23.8 Å². The van der Waals surface area contributed by atoms with Crippen molar-refractivity contribution in [1.82, 2.24) is 5.32 Å². The molecule has 0 bridgehead atoms. The van der Waals surface area contributed by atoms with Crippen LogP contribution in [-0.2, 0) is 14.3 Å². The average molecular weight is 494 g/mol. The molecule has 1 fully saturated rings. The first-order valence-corrected chi connectivity index (χ1v) is 10.2. The summed E-state index contributed by atoms with van der Waals surface area (Å²) in [6.07, 6.45) is 0.878. The van der Waals surface area contributed by atoms with E-state index in [1.54, 1.807) is 7.11 Å². The lowest BCUT2D eigenvalue weighted by Crippen LogP contribution is -2.43. The maximum absolute atomic E-state index is 9.55. The third-order valence-electron chi connectivity index (χ3n) is 4.17. The number of methoxy groups -OCH3 is 1. The highest BCUT2D eigenvalue weighted by Crippen LogP contribution is 2.35. The molecule has 0 unspecified atom stereocenters. The van der Waals surface area contributed by atoms with Crippen molar-refractivity contribution in [1.29, 1.82) is 0 Å². The Morgan fingerprint density at radius 3 is 2.35 bits per heavy atom. The molecule has 3 N–H and O–H groups in total. The smallest absolute Gasteiger partial charge is 0.328 e. The van der Waals surface area contributed by atoms with Crippen LogP contribution in [0.1, 0.15) is 11.7 Å². The van der Waals surface area contributed by atoms with Gasteiger partial charge < -0.3 is 29.7 Å². The minimum Gasteiger partial charge on any atom is -0.493 e. The van der Waals surface area contributed by atoms with Gasteiger partial charge in [-0.1, -0.05) is 46.3 Å². The number of carboxylic acids is 2. The number of carbonyl (C=O) groups is 2. The molecule has 9 heteroatoms. The van der Waals surface area contributed by atoms with Crippen molar-refractivity contribution in [3.05, 3.63) is 70.7 Å². The largest absolute Gasteiger partial charge is 0.493 e. The second-order valence-corrected chi connectivity index (χ2v) is 7.28. The normalized spacial score (nSPS) is 16.6. The lowest BCUT2D eigenvalue weighted by Gasteiger charge is -2.32. The van der Waals surface area contributed by atoms with Gasteiger partial charge in [-0.2, -0.15) is 0 Å². The molecule has 1 aliphatic rings. The Morgan fingerprint density at radius 1 is 1.13 bits per heavy atom. The van der Waals surface area contributed by atoms with Crippen LogP contribution in [0.3, 0.4) is 0 Å². The molecule has 0 spiro atoms. The Bertz CT molecular complexity index is 867. The third kappa shape index (κ3) is 8.41. The Labute approximate surface area is 188 Å². The molecular formula is C22H24BrNO7. The van der Waals surface area contributed by atoms with Crippen LogP contribution in [0, 0.1) is 0 Å². The van der Waals surface area contributed by atoms with E-state index in [9.17, 15) is 9.59 Å². The van der Waals surface area contributed by atoms with E-state index < -0.39 is 11.9 Å². The molecule has 3 rings (SSSR count). The number of halogens is 1. The van der Waals surface area contributed by atoms with Crippen LogP contribution in [0.5, 0.6) is 11.5 Å². The summed E-state index contributed by atoms with van der Waals surface area (Å²) < 4.78 is 18.6. The molecule has 2 aromatic carbocycles. The molecule has 31 heavy (non-hydrogen) atoms. The number of ether oxygens (including phenoxy) is 3. The minimum atomic E-state index is -1.26. The predicted molar refractivity (Wildman–Crippen MR) is 118 cm³/mol. The number of morpholine rings is 1. The van der Waals surface area contributed by atoms with Gasteiger partial charge in [0, 0.05) is 29.7 Å². The number of hydrogen-bond acceptors (Lipinski definition) is 6. The summed E-state index contributed by atoms with van der Waals surface area (Å²) in [6.45, 7) is 2.33. The molecule has 2 aromatic rings. The molecule has 0 aromatic heterocycles. The number of hydrogen-bond donors (Lipinski definition) is 3. The Morgan fingerprint density at radius 2 is 1.81 bits per heavy atom. The van der Waals surface area contributed by atoms with Crippen molar-refractivity contribution >= 4 is 27.9 Å². The number of aliphatic carboxylic acids is 2.